The molecule has 4 heteroatoms. The van der Waals surface area contributed by atoms with E-state index in [2.05, 4.69) is 24.3 Å². The van der Waals surface area contributed by atoms with E-state index >= 15 is 0 Å². The predicted molar refractivity (Wildman–Crippen MR) is 88.5 cm³/mol. The molecule has 1 aliphatic heterocycles. The fraction of sp³-hybridized carbons (Fsp3) is 0.600. The van der Waals surface area contributed by atoms with Crippen LogP contribution in [0.1, 0.15) is 36.8 Å². The van der Waals surface area contributed by atoms with Crippen LogP contribution in [0.2, 0.25) is 0 Å². The van der Waals surface area contributed by atoms with Crippen LogP contribution < -0.4 is 0 Å². The fourth-order valence-electron chi connectivity index (χ4n) is 5.41. The first-order chi connectivity index (χ1) is 11.6. The van der Waals surface area contributed by atoms with Gasteiger partial charge in [0.05, 0.1) is 5.92 Å². The van der Waals surface area contributed by atoms with Gasteiger partial charge in [0.2, 0.25) is 5.91 Å². The first-order valence-electron chi connectivity index (χ1n) is 9.20. The van der Waals surface area contributed by atoms with E-state index in [-0.39, 0.29) is 29.1 Å². The highest BCUT2D eigenvalue weighted by molar-refractivity contribution is 5.86. The van der Waals surface area contributed by atoms with Crippen LogP contribution in [-0.2, 0) is 21.4 Å². The molecule has 1 N–H and O–H groups in total. The number of carbonyl (C=O) groups is 2. The molecule has 4 nitrogen and oxygen atoms in total. The number of benzene rings is 1. The van der Waals surface area contributed by atoms with E-state index in [4.69, 9.17) is 0 Å². The summed E-state index contributed by atoms with van der Waals surface area (Å²) >= 11 is 0. The maximum atomic E-state index is 13.1. The molecule has 5 rings (SSSR count). The van der Waals surface area contributed by atoms with Crippen LogP contribution in [0.5, 0.6) is 0 Å². The van der Waals surface area contributed by atoms with E-state index in [9.17, 15) is 14.7 Å². The van der Waals surface area contributed by atoms with Crippen molar-refractivity contribution in [3.8, 4) is 0 Å². The van der Waals surface area contributed by atoms with E-state index in [1.165, 1.54) is 11.1 Å². The molecular formula is C20H23NO3. The van der Waals surface area contributed by atoms with Gasteiger partial charge in [-0.25, -0.2) is 0 Å². The van der Waals surface area contributed by atoms with E-state index in [0.717, 1.165) is 32.1 Å². The highest BCUT2D eigenvalue weighted by Gasteiger charge is 2.63. The molecule has 1 heterocycles. The average Bonchev–Trinajstić information content (AvgIpc) is 3.46. The number of hydrogen-bond donors (Lipinski definition) is 1. The summed E-state index contributed by atoms with van der Waals surface area (Å²) in [4.78, 5) is 26.5. The molecular weight excluding hydrogens is 302 g/mol. The van der Waals surface area contributed by atoms with Crippen molar-refractivity contribution in [3.63, 3.8) is 0 Å². The monoisotopic (exact) mass is 325 g/mol. The number of aliphatic carboxylic acids is 1. The molecule has 0 bridgehead atoms. The Labute approximate surface area is 141 Å². The Bertz CT molecular complexity index is 725. The Kier molecular flexibility index (Phi) is 2.92. The van der Waals surface area contributed by atoms with E-state index in [0.29, 0.717) is 19.0 Å². The molecule has 24 heavy (non-hydrogen) atoms. The minimum absolute atomic E-state index is 0.0596. The average molecular weight is 325 g/mol. The molecule has 3 aliphatic carbocycles. The number of amides is 1. The maximum Gasteiger partial charge on any atom is 0.308 e. The van der Waals surface area contributed by atoms with Crippen LogP contribution in [-0.4, -0.2) is 35.0 Å². The summed E-state index contributed by atoms with van der Waals surface area (Å²) < 4.78 is 0. The number of carbonyl (C=O) groups excluding carboxylic acids is 1. The zero-order valence-electron chi connectivity index (χ0n) is 13.8. The second kappa shape index (κ2) is 4.84. The summed E-state index contributed by atoms with van der Waals surface area (Å²) in [6.45, 7) is 1.08. The van der Waals surface area contributed by atoms with Gasteiger partial charge in [-0.1, -0.05) is 24.3 Å². The first-order valence-corrected chi connectivity index (χ1v) is 9.20. The van der Waals surface area contributed by atoms with Gasteiger partial charge in [0.15, 0.2) is 0 Å². The molecule has 126 valence electrons. The van der Waals surface area contributed by atoms with Crippen LogP contribution >= 0.6 is 0 Å². The smallest absolute Gasteiger partial charge is 0.308 e. The summed E-state index contributed by atoms with van der Waals surface area (Å²) in [5, 5.41) is 9.51. The van der Waals surface area contributed by atoms with Crippen molar-refractivity contribution in [2.24, 2.45) is 23.7 Å². The van der Waals surface area contributed by atoms with Gasteiger partial charge >= 0.3 is 5.97 Å². The lowest BCUT2D eigenvalue weighted by molar-refractivity contribution is -0.142. The summed E-state index contributed by atoms with van der Waals surface area (Å²) in [5.41, 5.74) is 2.83. The summed E-state index contributed by atoms with van der Waals surface area (Å²) in [6, 6.07) is 8.52. The third-order valence-electron chi connectivity index (χ3n) is 6.99. The van der Waals surface area contributed by atoms with Crippen molar-refractivity contribution in [2.75, 3.05) is 13.1 Å². The van der Waals surface area contributed by atoms with Gasteiger partial charge in [-0.05, 0) is 55.1 Å². The van der Waals surface area contributed by atoms with Gasteiger partial charge in [-0.15, -0.1) is 0 Å². The minimum atomic E-state index is -0.723. The second-order valence-electron chi connectivity index (χ2n) is 8.26. The molecule has 0 radical (unpaired) electrons. The highest BCUT2D eigenvalue weighted by atomic mass is 16.4. The normalized spacial score (nSPS) is 36.8. The zero-order valence-corrected chi connectivity index (χ0v) is 13.8. The van der Waals surface area contributed by atoms with Crippen molar-refractivity contribution < 1.29 is 14.7 Å². The molecule has 2 unspecified atom stereocenters. The number of carboxylic acids is 1. The van der Waals surface area contributed by atoms with Gasteiger partial charge in [0, 0.05) is 24.4 Å². The van der Waals surface area contributed by atoms with E-state index in [1.807, 2.05) is 4.90 Å². The third kappa shape index (κ3) is 1.98. The lowest BCUT2D eigenvalue weighted by atomic mass is 9.92. The number of rotatable bonds is 3. The second-order valence-corrected chi connectivity index (χ2v) is 8.26. The highest BCUT2D eigenvalue weighted by Crippen LogP contribution is 2.62. The summed E-state index contributed by atoms with van der Waals surface area (Å²) in [7, 11) is 0. The van der Waals surface area contributed by atoms with Crippen LogP contribution in [0.25, 0.3) is 0 Å². The Hall–Kier alpha value is -1.84. The first kappa shape index (κ1) is 14.5. The number of carboxylic acid groups (broad SMARTS) is 1. The van der Waals surface area contributed by atoms with Crippen LogP contribution in [0, 0.1) is 23.7 Å². The third-order valence-corrected chi connectivity index (χ3v) is 6.99. The van der Waals surface area contributed by atoms with Crippen LogP contribution in [0.4, 0.5) is 0 Å². The standard InChI is InChI=1S/C20H23NO3/c22-18(21-10-14(12-5-6-12)15(11-21)19(23)24)17-9-20(17)8-7-13-3-1-2-4-16(13)20/h1-4,12,14-15,17H,5-11H2,(H,23,24)/t14-,15+,17?,20?/m1/s1. The molecule has 1 aromatic carbocycles. The largest absolute Gasteiger partial charge is 0.481 e. The lowest BCUT2D eigenvalue weighted by Gasteiger charge is -2.19. The van der Waals surface area contributed by atoms with Crippen LogP contribution in [0.15, 0.2) is 24.3 Å². The Morgan fingerprint density at radius 3 is 2.71 bits per heavy atom. The van der Waals surface area contributed by atoms with Gasteiger partial charge < -0.3 is 10.0 Å². The number of likely N-dealkylation sites (tertiary alicyclic amines) is 1. The summed E-state index contributed by atoms with van der Waals surface area (Å²) in [5.74, 6) is -0.0816. The van der Waals surface area contributed by atoms with Gasteiger partial charge in [-0.2, -0.15) is 0 Å². The Morgan fingerprint density at radius 2 is 1.96 bits per heavy atom. The number of fused-ring (bicyclic) bond motifs is 2. The Balaban J connectivity index is 1.35. The maximum absolute atomic E-state index is 13.1. The SMILES string of the molecule is O=C(O)[C@H]1CN(C(=O)C2CC23CCc2ccccc23)C[C@@H]1C1CC1. The number of nitrogens with zero attached hydrogens (tertiary/aromatic N) is 1. The molecule has 3 fully saturated rings. The quantitative estimate of drug-likeness (QED) is 0.929. The van der Waals surface area contributed by atoms with Gasteiger partial charge in [0.1, 0.15) is 0 Å². The minimum Gasteiger partial charge on any atom is -0.481 e. The molecule has 4 atom stereocenters. The van der Waals surface area contributed by atoms with Crippen molar-refractivity contribution in [2.45, 2.75) is 37.5 Å². The van der Waals surface area contributed by atoms with E-state index in [1.54, 1.807) is 0 Å². The summed E-state index contributed by atoms with van der Waals surface area (Å²) in [6.07, 6.45) is 5.37. The molecule has 4 aliphatic rings. The Morgan fingerprint density at radius 1 is 1.17 bits per heavy atom. The molecule has 1 spiro atoms. The lowest BCUT2D eigenvalue weighted by Crippen LogP contribution is -2.33. The zero-order chi connectivity index (χ0) is 16.5. The fourth-order valence-corrected chi connectivity index (χ4v) is 5.41. The topological polar surface area (TPSA) is 57.6 Å². The van der Waals surface area contributed by atoms with E-state index < -0.39 is 5.97 Å². The number of hydrogen-bond acceptors (Lipinski definition) is 2. The van der Waals surface area contributed by atoms with Crippen LogP contribution in [0.3, 0.4) is 0 Å². The predicted octanol–water partition coefficient (Wildman–Crippen LogP) is 2.46. The van der Waals surface area contributed by atoms with Gasteiger partial charge in [0.25, 0.3) is 0 Å². The van der Waals surface area contributed by atoms with Crippen molar-refractivity contribution in [3.05, 3.63) is 35.4 Å². The van der Waals surface area contributed by atoms with Crippen molar-refractivity contribution in [1.82, 2.24) is 4.90 Å². The van der Waals surface area contributed by atoms with Gasteiger partial charge in [-0.3, -0.25) is 9.59 Å². The molecule has 1 aromatic rings. The molecule has 2 saturated carbocycles. The molecule has 1 amide bonds. The number of aryl methyl sites for hydroxylation is 1. The molecule has 0 aromatic heterocycles. The van der Waals surface area contributed by atoms with Crippen molar-refractivity contribution in [1.29, 1.82) is 0 Å². The van der Waals surface area contributed by atoms with Crippen molar-refractivity contribution >= 4 is 11.9 Å². The molecule has 1 saturated heterocycles.